The van der Waals surface area contributed by atoms with Crippen LogP contribution in [0.4, 0.5) is 0 Å². The van der Waals surface area contributed by atoms with Crippen molar-refractivity contribution < 1.29 is 14.3 Å². The molecule has 0 unspecified atom stereocenters. The summed E-state index contributed by atoms with van der Waals surface area (Å²) in [6, 6.07) is 1.74. The molecule has 1 amide bonds. The fraction of sp³-hybridized carbons (Fsp3) is 0.571. The summed E-state index contributed by atoms with van der Waals surface area (Å²) < 4.78 is 10.4. The molecule has 0 N–H and O–H groups in total. The van der Waals surface area contributed by atoms with Gasteiger partial charge in [0, 0.05) is 19.3 Å². The lowest BCUT2D eigenvalue weighted by molar-refractivity contribution is 0.0302. The van der Waals surface area contributed by atoms with E-state index in [-0.39, 0.29) is 5.91 Å². The summed E-state index contributed by atoms with van der Waals surface area (Å²) in [5, 5.41) is 0. The fourth-order valence-corrected chi connectivity index (χ4v) is 1.79. The molecule has 1 aromatic heterocycles. The normalized spacial score (nSPS) is 14.4. The molecule has 1 fully saturated rings. The molecule has 0 radical (unpaired) electrons. The second kappa shape index (κ2) is 7.74. The van der Waals surface area contributed by atoms with Crippen molar-refractivity contribution in [1.29, 1.82) is 0 Å². The van der Waals surface area contributed by atoms with Crippen LogP contribution in [0.2, 0.25) is 0 Å². The monoisotopic (exact) mass is 266 g/mol. The Morgan fingerprint density at radius 2 is 2.00 bits per heavy atom. The van der Waals surface area contributed by atoms with Crippen molar-refractivity contribution in [1.82, 2.24) is 9.88 Å². The van der Waals surface area contributed by atoms with Gasteiger partial charge in [0.25, 0.3) is 5.91 Å². The Morgan fingerprint density at radius 1 is 1.37 bits per heavy atom. The summed E-state index contributed by atoms with van der Waals surface area (Å²) in [6.45, 7) is 8.32. The molecule has 1 aliphatic heterocycles. The van der Waals surface area contributed by atoms with Gasteiger partial charge in [-0.05, 0) is 13.0 Å². The number of aromatic nitrogens is 1. The number of amides is 1. The predicted octanol–water partition coefficient (Wildman–Crippen LogP) is 1.90. The van der Waals surface area contributed by atoms with E-state index >= 15 is 0 Å². The third-order valence-electron chi connectivity index (χ3n) is 2.81. The number of aryl methyl sites for hydroxylation is 1. The van der Waals surface area contributed by atoms with Gasteiger partial charge < -0.3 is 14.4 Å². The minimum Gasteiger partial charge on any atom is -0.495 e. The molecule has 19 heavy (non-hydrogen) atoms. The molecule has 1 saturated heterocycles. The molecule has 2 heterocycles. The van der Waals surface area contributed by atoms with Crippen LogP contribution in [-0.4, -0.2) is 49.2 Å². The number of hydrogen-bond acceptors (Lipinski definition) is 4. The van der Waals surface area contributed by atoms with Gasteiger partial charge >= 0.3 is 0 Å². The summed E-state index contributed by atoms with van der Waals surface area (Å²) >= 11 is 0. The number of rotatable bonds is 2. The van der Waals surface area contributed by atoms with Crippen LogP contribution >= 0.6 is 0 Å². The van der Waals surface area contributed by atoms with Crippen molar-refractivity contribution in [2.75, 3.05) is 33.4 Å². The maximum atomic E-state index is 12.2. The molecule has 5 nitrogen and oxygen atoms in total. The van der Waals surface area contributed by atoms with Crippen molar-refractivity contribution in [3.63, 3.8) is 0 Å². The highest BCUT2D eigenvalue weighted by molar-refractivity contribution is 5.94. The average Bonchev–Trinajstić information content (AvgIpc) is 2.50. The number of methoxy groups -OCH3 is 1. The Kier molecular flexibility index (Phi) is 6.29. The number of morpholine rings is 1. The van der Waals surface area contributed by atoms with Crippen molar-refractivity contribution in [3.8, 4) is 5.75 Å². The molecule has 0 saturated carbocycles. The van der Waals surface area contributed by atoms with Gasteiger partial charge in [0.15, 0.2) is 0 Å². The van der Waals surface area contributed by atoms with E-state index in [0.29, 0.717) is 37.6 Å². The Morgan fingerprint density at radius 3 is 2.58 bits per heavy atom. The van der Waals surface area contributed by atoms with Gasteiger partial charge in [0.1, 0.15) is 5.75 Å². The van der Waals surface area contributed by atoms with Crippen LogP contribution in [0.25, 0.3) is 0 Å². The number of ether oxygens (including phenoxy) is 2. The minimum atomic E-state index is -0.0147. The summed E-state index contributed by atoms with van der Waals surface area (Å²) in [7, 11) is 1.58. The second-order valence-electron chi connectivity index (χ2n) is 3.92. The summed E-state index contributed by atoms with van der Waals surface area (Å²) in [5.41, 5.74) is 1.35. The number of pyridine rings is 1. The second-order valence-corrected chi connectivity index (χ2v) is 3.92. The highest BCUT2D eigenvalue weighted by Gasteiger charge is 2.19. The predicted molar refractivity (Wildman–Crippen MR) is 73.6 cm³/mol. The highest BCUT2D eigenvalue weighted by Crippen LogP contribution is 2.17. The quantitative estimate of drug-likeness (QED) is 0.820. The fourth-order valence-electron chi connectivity index (χ4n) is 1.79. The van der Waals surface area contributed by atoms with E-state index < -0.39 is 0 Å². The topological polar surface area (TPSA) is 51.7 Å². The van der Waals surface area contributed by atoms with Crippen LogP contribution in [0.15, 0.2) is 12.3 Å². The third-order valence-corrected chi connectivity index (χ3v) is 2.81. The van der Waals surface area contributed by atoms with Crippen LogP contribution in [0.1, 0.15) is 29.9 Å². The molecule has 0 spiro atoms. The number of carbonyl (C=O) groups is 1. The molecule has 0 bridgehead atoms. The van der Waals surface area contributed by atoms with Crippen LogP contribution in [0, 0.1) is 6.92 Å². The van der Waals surface area contributed by atoms with Gasteiger partial charge in [0.2, 0.25) is 0 Å². The minimum absolute atomic E-state index is 0.0147. The van der Waals surface area contributed by atoms with Gasteiger partial charge in [-0.1, -0.05) is 13.8 Å². The summed E-state index contributed by atoms with van der Waals surface area (Å²) in [4.78, 5) is 18.1. The average molecular weight is 266 g/mol. The molecule has 1 aromatic rings. The number of carbonyl (C=O) groups excluding carboxylic acids is 1. The molecular weight excluding hydrogens is 244 g/mol. The first kappa shape index (κ1) is 15.4. The van der Waals surface area contributed by atoms with Gasteiger partial charge in [-0.25, -0.2) is 0 Å². The lowest BCUT2D eigenvalue weighted by atomic mass is 10.2. The van der Waals surface area contributed by atoms with E-state index in [2.05, 4.69) is 4.98 Å². The van der Waals surface area contributed by atoms with Crippen molar-refractivity contribution in [2.24, 2.45) is 0 Å². The lowest BCUT2D eigenvalue weighted by Crippen LogP contribution is -2.40. The van der Waals surface area contributed by atoms with Gasteiger partial charge in [-0.2, -0.15) is 0 Å². The Bertz CT molecular complexity index is 415. The molecule has 0 atom stereocenters. The number of hydrogen-bond donors (Lipinski definition) is 0. The number of nitrogens with zero attached hydrogens (tertiary/aromatic N) is 2. The van der Waals surface area contributed by atoms with Crippen LogP contribution < -0.4 is 4.74 Å². The van der Waals surface area contributed by atoms with Crippen molar-refractivity contribution in [2.45, 2.75) is 20.8 Å². The first-order valence-electron chi connectivity index (χ1n) is 6.60. The molecule has 1 aliphatic rings. The van der Waals surface area contributed by atoms with Gasteiger partial charge in [0.05, 0.1) is 31.6 Å². The van der Waals surface area contributed by atoms with E-state index in [4.69, 9.17) is 9.47 Å². The lowest BCUT2D eigenvalue weighted by Gasteiger charge is -2.26. The maximum absolute atomic E-state index is 12.2. The van der Waals surface area contributed by atoms with Crippen LogP contribution in [0.3, 0.4) is 0 Å². The van der Waals surface area contributed by atoms with Crippen molar-refractivity contribution in [3.05, 3.63) is 23.5 Å². The zero-order valence-electron chi connectivity index (χ0n) is 12.1. The zero-order chi connectivity index (χ0) is 14.3. The van der Waals surface area contributed by atoms with Crippen LogP contribution in [-0.2, 0) is 4.74 Å². The zero-order valence-corrected chi connectivity index (χ0v) is 12.1. The van der Waals surface area contributed by atoms with E-state index in [1.165, 1.54) is 0 Å². The maximum Gasteiger partial charge on any atom is 0.255 e. The SMILES string of the molecule is CC.COc1cc(C(=O)N2CCOCC2)cnc1C. The van der Waals surface area contributed by atoms with E-state index in [9.17, 15) is 4.79 Å². The van der Waals surface area contributed by atoms with Gasteiger partial charge in [-0.3, -0.25) is 9.78 Å². The molecule has 5 heteroatoms. The molecule has 106 valence electrons. The largest absolute Gasteiger partial charge is 0.495 e. The van der Waals surface area contributed by atoms with E-state index in [0.717, 1.165) is 5.69 Å². The molecule has 2 rings (SSSR count). The molecule has 0 aromatic carbocycles. The first-order valence-corrected chi connectivity index (χ1v) is 6.60. The standard InChI is InChI=1S/C12H16N2O3.C2H6/c1-9-11(16-2)7-10(8-13-9)12(15)14-3-5-17-6-4-14;1-2/h7-8H,3-6H2,1-2H3;1-2H3. The van der Waals surface area contributed by atoms with E-state index in [1.807, 2.05) is 20.8 Å². The van der Waals surface area contributed by atoms with E-state index in [1.54, 1.807) is 24.3 Å². The molecular formula is C14H22N2O3. The Labute approximate surface area is 114 Å². The van der Waals surface area contributed by atoms with Crippen molar-refractivity contribution >= 4 is 5.91 Å². The van der Waals surface area contributed by atoms with Crippen LogP contribution in [0.5, 0.6) is 5.75 Å². The summed E-state index contributed by atoms with van der Waals surface area (Å²) in [6.07, 6.45) is 1.59. The third kappa shape index (κ3) is 3.92. The Balaban J connectivity index is 0.000000861. The first-order chi connectivity index (χ1) is 9.22. The highest BCUT2D eigenvalue weighted by atomic mass is 16.5. The smallest absolute Gasteiger partial charge is 0.255 e. The molecule has 0 aliphatic carbocycles. The summed E-state index contributed by atoms with van der Waals surface area (Å²) in [5.74, 6) is 0.628. The Hall–Kier alpha value is -1.62. The van der Waals surface area contributed by atoms with Gasteiger partial charge in [-0.15, -0.1) is 0 Å².